The van der Waals surface area contributed by atoms with Gasteiger partial charge in [-0.15, -0.1) is 0 Å². The standard InChI is InChI=1S/C14H8Cl2N2O2/c15-7-4-8(16)6-9(5-7)18-13(19)10-2-1-3-11(17)12(10)14(18)20/h1-6H,17H2. The van der Waals surface area contributed by atoms with Crippen LogP contribution in [-0.2, 0) is 0 Å². The van der Waals surface area contributed by atoms with E-state index in [4.69, 9.17) is 28.9 Å². The number of halogens is 2. The van der Waals surface area contributed by atoms with Crippen LogP contribution < -0.4 is 10.6 Å². The van der Waals surface area contributed by atoms with Gasteiger partial charge in [-0.05, 0) is 30.3 Å². The van der Waals surface area contributed by atoms with Gasteiger partial charge in [-0.3, -0.25) is 9.59 Å². The molecule has 2 aromatic rings. The van der Waals surface area contributed by atoms with Crippen molar-refractivity contribution in [2.75, 3.05) is 10.6 Å². The van der Waals surface area contributed by atoms with E-state index in [9.17, 15) is 9.59 Å². The van der Waals surface area contributed by atoms with Gasteiger partial charge < -0.3 is 5.73 Å². The Kier molecular flexibility index (Phi) is 2.92. The predicted molar refractivity (Wildman–Crippen MR) is 78.5 cm³/mol. The fourth-order valence-corrected chi connectivity index (χ4v) is 2.73. The van der Waals surface area contributed by atoms with Gasteiger partial charge >= 0.3 is 0 Å². The molecule has 6 heteroatoms. The van der Waals surface area contributed by atoms with Crippen molar-refractivity contribution in [2.24, 2.45) is 0 Å². The number of hydrogen-bond acceptors (Lipinski definition) is 3. The Morgan fingerprint density at radius 2 is 1.60 bits per heavy atom. The highest BCUT2D eigenvalue weighted by atomic mass is 35.5. The third kappa shape index (κ3) is 1.85. The van der Waals surface area contributed by atoms with Gasteiger partial charge in [-0.1, -0.05) is 29.3 Å². The lowest BCUT2D eigenvalue weighted by atomic mass is 10.1. The fourth-order valence-electron chi connectivity index (χ4n) is 2.21. The second kappa shape index (κ2) is 4.51. The number of benzene rings is 2. The van der Waals surface area contributed by atoms with Crippen molar-refractivity contribution in [1.29, 1.82) is 0 Å². The average molecular weight is 307 g/mol. The summed E-state index contributed by atoms with van der Waals surface area (Å²) in [6, 6.07) is 9.32. The summed E-state index contributed by atoms with van der Waals surface area (Å²) in [5.41, 5.74) is 6.87. The minimum Gasteiger partial charge on any atom is -0.398 e. The van der Waals surface area contributed by atoms with E-state index in [1.165, 1.54) is 18.2 Å². The predicted octanol–water partition coefficient (Wildman–Crippen LogP) is 3.38. The van der Waals surface area contributed by atoms with E-state index in [0.29, 0.717) is 15.7 Å². The van der Waals surface area contributed by atoms with Crippen molar-refractivity contribution in [3.63, 3.8) is 0 Å². The number of rotatable bonds is 1. The molecule has 0 spiro atoms. The monoisotopic (exact) mass is 306 g/mol. The molecule has 0 aliphatic carbocycles. The van der Waals surface area contributed by atoms with E-state index < -0.39 is 11.8 Å². The molecular formula is C14H8Cl2N2O2. The van der Waals surface area contributed by atoms with Crippen molar-refractivity contribution in [3.8, 4) is 0 Å². The largest absolute Gasteiger partial charge is 0.398 e. The Bertz CT molecular complexity index is 739. The van der Waals surface area contributed by atoms with Crippen LogP contribution in [0.25, 0.3) is 0 Å². The van der Waals surface area contributed by atoms with Gasteiger partial charge in [0.15, 0.2) is 0 Å². The van der Waals surface area contributed by atoms with Crippen LogP contribution in [-0.4, -0.2) is 11.8 Å². The number of nitrogen functional groups attached to an aromatic ring is 1. The van der Waals surface area contributed by atoms with Crippen LogP contribution in [0.2, 0.25) is 10.0 Å². The number of carbonyl (C=O) groups excluding carboxylic acids is 2. The molecule has 2 N–H and O–H groups in total. The van der Waals surface area contributed by atoms with E-state index in [1.54, 1.807) is 18.2 Å². The molecule has 20 heavy (non-hydrogen) atoms. The van der Waals surface area contributed by atoms with Gasteiger partial charge in [0.1, 0.15) is 0 Å². The smallest absolute Gasteiger partial charge is 0.268 e. The Balaban J connectivity index is 2.17. The summed E-state index contributed by atoms with van der Waals surface area (Å²) in [6.07, 6.45) is 0. The van der Waals surface area contributed by atoms with Gasteiger partial charge in [-0.25, -0.2) is 4.90 Å². The molecule has 0 atom stereocenters. The number of hydrogen-bond donors (Lipinski definition) is 1. The van der Waals surface area contributed by atoms with Crippen molar-refractivity contribution < 1.29 is 9.59 Å². The number of imide groups is 1. The highest BCUT2D eigenvalue weighted by Gasteiger charge is 2.38. The van der Waals surface area contributed by atoms with Crippen LogP contribution in [0.1, 0.15) is 20.7 Å². The minimum absolute atomic E-state index is 0.216. The summed E-state index contributed by atoms with van der Waals surface area (Å²) in [5.74, 6) is -0.905. The molecular weight excluding hydrogens is 299 g/mol. The van der Waals surface area contributed by atoms with E-state index in [-0.39, 0.29) is 16.8 Å². The van der Waals surface area contributed by atoms with Crippen molar-refractivity contribution >= 4 is 46.4 Å². The Morgan fingerprint density at radius 1 is 0.950 bits per heavy atom. The van der Waals surface area contributed by atoms with Crippen molar-refractivity contribution in [1.82, 2.24) is 0 Å². The first-order chi connectivity index (χ1) is 9.49. The lowest BCUT2D eigenvalue weighted by molar-refractivity contribution is 0.0926. The number of nitrogens with zero attached hydrogens (tertiary/aromatic N) is 1. The molecule has 2 aromatic carbocycles. The summed E-state index contributed by atoms with van der Waals surface area (Å²) in [5, 5.41) is 0.689. The maximum absolute atomic E-state index is 12.4. The quantitative estimate of drug-likeness (QED) is 0.649. The van der Waals surface area contributed by atoms with Crippen LogP contribution in [0.15, 0.2) is 36.4 Å². The van der Waals surface area contributed by atoms with E-state index in [2.05, 4.69) is 0 Å². The van der Waals surface area contributed by atoms with Crippen LogP contribution in [0.3, 0.4) is 0 Å². The highest BCUT2D eigenvalue weighted by molar-refractivity contribution is 6.38. The maximum atomic E-state index is 12.4. The van der Waals surface area contributed by atoms with Crippen LogP contribution in [0.4, 0.5) is 11.4 Å². The molecule has 3 rings (SSSR count). The van der Waals surface area contributed by atoms with E-state index >= 15 is 0 Å². The third-order valence-corrected chi connectivity index (χ3v) is 3.49. The first kappa shape index (κ1) is 13.0. The van der Waals surface area contributed by atoms with Crippen molar-refractivity contribution in [2.45, 2.75) is 0 Å². The second-order valence-electron chi connectivity index (χ2n) is 4.34. The Morgan fingerprint density at radius 3 is 2.20 bits per heavy atom. The molecule has 0 radical (unpaired) electrons. The summed E-state index contributed by atoms with van der Waals surface area (Å²) in [6.45, 7) is 0. The molecule has 1 heterocycles. The molecule has 0 saturated carbocycles. The fraction of sp³-hybridized carbons (Fsp3) is 0. The third-order valence-electron chi connectivity index (χ3n) is 3.05. The van der Waals surface area contributed by atoms with Crippen LogP contribution >= 0.6 is 23.2 Å². The zero-order chi connectivity index (χ0) is 14.4. The topological polar surface area (TPSA) is 63.4 Å². The summed E-state index contributed by atoms with van der Waals surface area (Å²) in [7, 11) is 0. The van der Waals surface area contributed by atoms with E-state index in [1.807, 2.05) is 0 Å². The van der Waals surface area contributed by atoms with Gasteiger partial charge in [0.2, 0.25) is 0 Å². The molecule has 2 amide bonds. The molecule has 100 valence electrons. The van der Waals surface area contributed by atoms with E-state index in [0.717, 1.165) is 4.90 Å². The minimum atomic E-state index is -0.471. The molecule has 1 aliphatic rings. The van der Waals surface area contributed by atoms with Gasteiger partial charge in [0, 0.05) is 15.7 Å². The van der Waals surface area contributed by atoms with Crippen molar-refractivity contribution in [3.05, 3.63) is 57.6 Å². The molecule has 0 bridgehead atoms. The normalized spacial score (nSPS) is 13.8. The zero-order valence-electron chi connectivity index (χ0n) is 10.1. The number of nitrogens with two attached hydrogens (primary N) is 1. The molecule has 0 fully saturated rings. The van der Waals surface area contributed by atoms with Crippen LogP contribution in [0, 0.1) is 0 Å². The van der Waals surface area contributed by atoms with Gasteiger partial charge in [0.25, 0.3) is 11.8 Å². The lowest BCUT2D eigenvalue weighted by Crippen LogP contribution is -2.29. The average Bonchev–Trinajstić information content (AvgIpc) is 2.61. The highest BCUT2D eigenvalue weighted by Crippen LogP contribution is 2.34. The van der Waals surface area contributed by atoms with Gasteiger partial charge in [-0.2, -0.15) is 0 Å². The molecule has 0 saturated heterocycles. The molecule has 1 aliphatic heterocycles. The Hall–Kier alpha value is -2.04. The molecule has 0 unspecified atom stereocenters. The summed E-state index contributed by atoms with van der Waals surface area (Å²) < 4.78 is 0. The summed E-state index contributed by atoms with van der Waals surface area (Å²) >= 11 is 11.8. The van der Waals surface area contributed by atoms with Crippen LogP contribution in [0.5, 0.6) is 0 Å². The van der Waals surface area contributed by atoms with Gasteiger partial charge in [0.05, 0.1) is 16.8 Å². The number of carbonyl (C=O) groups is 2. The zero-order valence-corrected chi connectivity index (χ0v) is 11.6. The SMILES string of the molecule is Nc1cccc2c1C(=O)N(c1cc(Cl)cc(Cl)c1)C2=O. The number of amides is 2. The maximum Gasteiger partial charge on any atom is 0.268 e. The number of anilines is 2. The first-order valence-corrected chi connectivity index (χ1v) is 6.48. The Labute approximate surface area is 124 Å². The lowest BCUT2D eigenvalue weighted by Gasteiger charge is -2.14. The number of fused-ring (bicyclic) bond motifs is 1. The summed E-state index contributed by atoms with van der Waals surface area (Å²) in [4.78, 5) is 25.8. The second-order valence-corrected chi connectivity index (χ2v) is 5.22. The molecule has 0 aromatic heterocycles. The first-order valence-electron chi connectivity index (χ1n) is 5.72. The molecule has 4 nitrogen and oxygen atoms in total.